The first-order valence-corrected chi connectivity index (χ1v) is 6.03. The third kappa shape index (κ3) is 38.1. The SMILES string of the molecule is C1CCOC1.C=C(C)C(=O)O.C=C(C)C(=O)O.CO.CO. The first kappa shape index (κ1) is 27.6. The van der Waals surface area contributed by atoms with Crippen LogP contribution in [-0.2, 0) is 14.3 Å². The predicted octanol–water partition coefficient (Wildman–Crippen LogP) is 1.31. The Kier molecular flexibility index (Phi) is 30.8. The van der Waals surface area contributed by atoms with Crippen LogP contribution in [0.5, 0.6) is 0 Å². The Balaban J connectivity index is -0.0000000922. The number of carboxylic acid groups (broad SMARTS) is 2. The van der Waals surface area contributed by atoms with Gasteiger partial charge in [0.15, 0.2) is 0 Å². The van der Waals surface area contributed by atoms with Crippen molar-refractivity contribution in [2.75, 3.05) is 27.4 Å². The van der Waals surface area contributed by atoms with E-state index in [1.54, 1.807) is 0 Å². The summed E-state index contributed by atoms with van der Waals surface area (Å²) in [5.74, 6) is -1.87. The molecule has 1 aliphatic rings. The minimum Gasteiger partial charge on any atom is -0.478 e. The molecule has 1 rings (SSSR count). The highest BCUT2D eigenvalue weighted by atomic mass is 16.5. The molecule has 0 spiro atoms. The summed E-state index contributed by atoms with van der Waals surface area (Å²) in [4.78, 5) is 19.2. The summed E-state index contributed by atoms with van der Waals surface area (Å²) < 4.78 is 4.94. The monoisotopic (exact) mass is 308 g/mol. The molecule has 1 aliphatic heterocycles. The van der Waals surface area contributed by atoms with E-state index < -0.39 is 11.9 Å². The molecule has 0 aromatic carbocycles. The number of aliphatic carboxylic acids is 2. The van der Waals surface area contributed by atoms with Gasteiger partial charge in [-0.2, -0.15) is 0 Å². The van der Waals surface area contributed by atoms with Gasteiger partial charge in [0.05, 0.1) is 0 Å². The number of aliphatic hydroxyl groups excluding tert-OH is 2. The maximum atomic E-state index is 9.60. The molecule has 126 valence electrons. The van der Waals surface area contributed by atoms with Crippen molar-refractivity contribution in [3.05, 3.63) is 24.3 Å². The lowest BCUT2D eigenvalue weighted by atomic mass is 10.4. The number of rotatable bonds is 2. The molecule has 0 atom stereocenters. The predicted molar refractivity (Wildman–Crippen MR) is 81.2 cm³/mol. The van der Waals surface area contributed by atoms with E-state index in [-0.39, 0.29) is 11.1 Å². The van der Waals surface area contributed by atoms with Crippen LogP contribution in [0.2, 0.25) is 0 Å². The lowest BCUT2D eigenvalue weighted by molar-refractivity contribution is -0.133. The van der Waals surface area contributed by atoms with E-state index in [9.17, 15) is 9.59 Å². The van der Waals surface area contributed by atoms with Crippen molar-refractivity contribution in [1.29, 1.82) is 0 Å². The molecular formula is C14H28O7. The number of carbonyl (C=O) groups is 2. The maximum Gasteiger partial charge on any atom is 0.330 e. The fourth-order valence-electron chi connectivity index (χ4n) is 0.510. The van der Waals surface area contributed by atoms with Crippen LogP contribution in [0.4, 0.5) is 0 Å². The van der Waals surface area contributed by atoms with Crippen LogP contribution in [0.1, 0.15) is 26.7 Å². The topological polar surface area (TPSA) is 124 Å². The van der Waals surface area contributed by atoms with Crippen molar-refractivity contribution in [2.24, 2.45) is 0 Å². The van der Waals surface area contributed by atoms with Gasteiger partial charge < -0.3 is 25.2 Å². The Morgan fingerprint density at radius 2 is 1.00 bits per heavy atom. The largest absolute Gasteiger partial charge is 0.478 e. The number of aliphatic hydroxyl groups is 2. The van der Waals surface area contributed by atoms with Gasteiger partial charge in [0, 0.05) is 38.6 Å². The third-order valence-electron chi connectivity index (χ3n) is 1.56. The summed E-state index contributed by atoms with van der Waals surface area (Å²) in [5.41, 5.74) is 0.352. The van der Waals surface area contributed by atoms with E-state index in [2.05, 4.69) is 13.2 Å². The average Bonchev–Trinajstić information content (AvgIpc) is 3.03. The Hall–Kier alpha value is -1.70. The van der Waals surface area contributed by atoms with Crippen LogP contribution in [0.3, 0.4) is 0 Å². The molecule has 4 N–H and O–H groups in total. The zero-order valence-electron chi connectivity index (χ0n) is 13.3. The van der Waals surface area contributed by atoms with Crippen molar-refractivity contribution in [1.82, 2.24) is 0 Å². The molecule has 0 saturated carbocycles. The lowest BCUT2D eigenvalue weighted by Gasteiger charge is -1.79. The summed E-state index contributed by atoms with van der Waals surface area (Å²) in [7, 11) is 2.00. The number of hydrogen-bond donors (Lipinski definition) is 4. The molecule has 0 unspecified atom stereocenters. The van der Waals surface area contributed by atoms with Crippen LogP contribution in [0, 0.1) is 0 Å². The summed E-state index contributed by atoms with van der Waals surface area (Å²) in [6.45, 7) is 11.2. The Morgan fingerprint density at radius 3 is 1.05 bits per heavy atom. The summed E-state index contributed by atoms with van der Waals surface area (Å²) >= 11 is 0. The molecule has 1 fully saturated rings. The highest BCUT2D eigenvalue weighted by Crippen LogP contribution is 1.98. The van der Waals surface area contributed by atoms with E-state index >= 15 is 0 Å². The van der Waals surface area contributed by atoms with Gasteiger partial charge in [-0.05, 0) is 26.7 Å². The Bertz CT molecular complexity index is 225. The zero-order valence-corrected chi connectivity index (χ0v) is 13.3. The van der Waals surface area contributed by atoms with Crippen molar-refractivity contribution in [3.8, 4) is 0 Å². The number of ether oxygens (including phenoxy) is 1. The minimum atomic E-state index is -0.935. The van der Waals surface area contributed by atoms with Gasteiger partial charge in [0.2, 0.25) is 0 Å². The summed E-state index contributed by atoms with van der Waals surface area (Å²) in [6, 6.07) is 0. The van der Waals surface area contributed by atoms with Crippen LogP contribution >= 0.6 is 0 Å². The Morgan fingerprint density at radius 1 is 0.810 bits per heavy atom. The molecule has 0 amide bonds. The van der Waals surface area contributed by atoms with E-state index in [1.807, 2.05) is 0 Å². The number of hydrogen-bond acceptors (Lipinski definition) is 5. The molecule has 0 aromatic heterocycles. The van der Waals surface area contributed by atoms with E-state index in [1.165, 1.54) is 26.7 Å². The van der Waals surface area contributed by atoms with Gasteiger partial charge in [-0.25, -0.2) is 9.59 Å². The van der Waals surface area contributed by atoms with E-state index in [0.29, 0.717) is 0 Å². The molecule has 1 saturated heterocycles. The zero-order chi connectivity index (χ0) is 17.8. The van der Waals surface area contributed by atoms with Crippen molar-refractivity contribution in [3.63, 3.8) is 0 Å². The molecular weight excluding hydrogens is 280 g/mol. The second-order valence-corrected chi connectivity index (χ2v) is 3.49. The second kappa shape index (κ2) is 23.4. The Labute approximate surface area is 126 Å². The molecule has 1 heterocycles. The van der Waals surface area contributed by atoms with Gasteiger partial charge in [-0.15, -0.1) is 0 Å². The van der Waals surface area contributed by atoms with Crippen LogP contribution in [-0.4, -0.2) is 59.8 Å². The summed E-state index contributed by atoms with van der Waals surface area (Å²) in [5, 5.41) is 29.8. The average molecular weight is 308 g/mol. The molecule has 7 heteroatoms. The van der Waals surface area contributed by atoms with Crippen LogP contribution in [0.25, 0.3) is 0 Å². The summed E-state index contributed by atoms with van der Waals surface area (Å²) in [6.07, 6.45) is 2.56. The smallest absolute Gasteiger partial charge is 0.330 e. The third-order valence-corrected chi connectivity index (χ3v) is 1.56. The minimum absolute atomic E-state index is 0.176. The van der Waals surface area contributed by atoms with Crippen LogP contribution in [0.15, 0.2) is 24.3 Å². The van der Waals surface area contributed by atoms with Crippen molar-refractivity contribution >= 4 is 11.9 Å². The van der Waals surface area contributed by atoms with E-state index in [0.717, 1.165) is 27.4 Å². The fourth-order valence-corrected chi connectivity index (χ4v) is 0.510. The first-order chi connectivity index (χ1) is 9.79. The quantitative estimate of drug-likeness (QED) is 0.567. The standard InChI is InChI=1S/2C4H6O2.C4H8O.2CH4O/c2*1-3(2)4(5)6;1-2-4-5-3-1;2*1-2/h2*1H2,2H3,(H,5,6);1-4H2;2*2H,1H3. The first-order valence-electron chi connectivity index (χ1n) is 6.03. The lowest BCUT2D eigenvalue weighted by Crippen LogP contribution is -1.92. The van der Waals surface area contributed by atoms with E-state index in [4.69, 9.17) is 25.2 Å². The van der Waals surface area contributed by atoms with Gasteiger partial charge in [-0.1, -0.05) is 13.2 Å². The van der Waals surface area contributed by atoms with Gasteiger partial charge in [0.1, 0.15) is 0 Å². The van der Waals surface area contributed by atoms with Crippen LogP contribution < -0.4 is 0 Å². The normalized spacial score (nSPS) is 10.6. The van der Waals surface area contributed by atoms with Crippen molar-refractivity contribution in [2.45, 2.75) is 26.7 Å². The maximum absolute atomic E-state index is 9.60. The van der Waals surface area contributed by atoms with Gasteiger partial charge >= 0.3 is 11.9 Å². The molecule has 7 nitrogen and oxygen atoms in total. The van der Waals surface area contributed by atoms with Gasteiger partial charge in [-0.3, -0.25) is 0 Å². The second-order valence-electron chi connectivity index (χ2n) is 3.49. The fraction of sp³-hybridized carbons (Fsp3) is 0.571. The van der Waals surface area contributed by atoms with Gasteiger partial charge in [0.25, 0.3) is 0 Å². The van der Waals surface area contributed by atoms with Crippen molar-refractivity contribution < 1.29 is 34.8 Å². The molecule has 0 aliphatic carbocycles. The highest BCUT2D eigenvalue weighted by Gasteiger charge is 1.94. The molecule has 0 bridgehead atoms. The highest BCUT2D eigenvalue weighted by molar-refractivity contribution is 5.85. The molecule has 21 heavy (non-hydrogen) atoms. The molecule has 0 radical (unpaired) electrons. The molecule has 0 aromatic rings. The number of carboxylic acids is 2.